The minimum atomic E-state index is 0.279. The standard InChI is InChI=1S/C22H32N4O/c1-17(2)13-26-15-20(21-24-23-18(3)27-21)22(16-26)9-11-25(12-10-22)14-19-7-5-4-6-8-19/h4-8,17,20H,9-16H2,1-3H3. The van der Waals surface area contributed by atoms with E-state index in [0.717, 1.165) is 45.2 Å². The summed E-state index contributed by atoms with van der Waals surface area (Å²) in [6.45, 7) is 13.2. The van der Waals surface area contributed by atoms with Crippen molar-refractivity contribution in [3.8, 4) is 0 Å². The van der Waals surface area contributed by atoms with Crippen molar-refractivity contribution in [3.05, 3.63) is 47.7 Å². The van der Waals surface area contributed by atoms with Crippen LogP contribution in [0.5, 0.6) is 0 Å². The molecule has 0 N–H and O–H groups in total. The van der Waals surface area contributed by atoms with Gasteiger partial charge in [0.05, 0.1) is 5.92 Å². The maximum Gasteiger partial charge on any atom is 0.221 e. The van der Waals surface area contributed by atoms with E-state index in [4.69, 9.17) is 4.42 Å². The van der Waals surface area contributed by atoms with E-state index in [9.17, 15) is 0 Å². The van der Waals surface area contributed by atoms with E-state index in [-0.39, 0.29) is 5.41 Å². The maximum atomic E-state index is 5.91. The summed E-state index contributed by atoms with van der Waals surface area (Å²) in [7, 11) is 0. The van der Waals surface area contributed by atoms with Crippen LogP contribution in [0.4, 0.5) is 0 Å². The lowest BCUT2D eigenvalue weighted by Crippen LogP contribution is -2.43. The zero-order chi connectivity index (χ0) is 18.9. The van der Waals surface area contributed by atoms with E-state index < -0.39 is 0 Å². The number of rotatable bonds is 5. The molecule has 0 bridgehead atoms. The Kier molecular flexibility index (Phi) is 5.33. The van der Waals surface area contributed by atoms with Crippen LogP contribution in [-0.4, -0.2) is 52.7 Å². The second-order valence-electron chi connectivity index (χ2n) is 8.92. The van der Waals surface area contributed by atoms with E-state index in [2.05, 4.69) is 64.2 Å². The molecule has 5 nitrogen and oxygen atoms in total. The van der Waals surface area contributed by atoms with Crippen LogP contribution in [0.25, 0.3) is 0 Å². The SMILES string of the molecule is Cc1nnc(C2CN(CC(C)C)CC23CCN(Cc2ccccc2)CC3)o1. The highest BCUT2D eigenvalue weighted by atomic mass is 16.4. The summed E-state index contributed by atoms with van der Waals surface area (Å²) >= 11 is 0. The van der Waals surface area contributed by atoms with Crippen molar-refractivity contribution in [3.63, 3.8) is 0 Å². The van der Waals surface area contributed by atoms with E-state index in [1.165, 1.54) is 18.4 Å². The Morgan fingerprint density at radius 2 is 1.85 bits per heavy atom. The van der Waals surface area contributed by atoms with Crippen LogP contribution in [0.15, 0.2) is 34.7 Å². The first-order chi connectivity index (χ1) is 13.0. The van der Waals surface area contributed by atoms with Gasteiger partial charge in [0.1, 0.15) is 0 Å². The summed E-state index contributed by atoms with van der Waals surface area (Å²) in [4.78, 5) is 5.23. The Balaban J connectivity index is 1.47. The van der Waals surface area contributed by atoms with Gasteiger partial charge in [0.25, 0.3) is 0 Å². The molecule has 0 saturated carbocycles. The highest BCUT2D eigenvalue weighted by molar-refractivity contribution is 5.15. The number of nitrogens with zero attached hydrogens (tertiary/aromatic N) is 4. The molecule has 0 radical (unpaired) electrons. The average molecular weight is 369 g/mol. The summed E-state index contributed by atoms with van der Waals surface area (Å²) in [5.41, 5.74) is 1.69. The first-order valence-electron chi connectivity index (χ1n) is 10.3. The number of hydrogen-bond donors (Lipinski definition) is 0. The van der Waals surface area contributed by atoms with E-state index in [1.54, 1.807) is 0 Å². The molecule has 2 saturated heterocycles. The van der Waals surface area contributed by atoms with Gasteiger partial charge in [-0.15, -0.1) is 10.2 Å². The molecule has 27 heavy (non-hydrogen) atoms. The molecule has 3 heterocycles. The van der Waals surface area contributed by atoms with Crippen LogP contribution in [-0.2, 0) is 6.54 Å². The number of hydrogen-bond acceptors (Lipinski definition) is 5. The summed E-state index contributed by atoms with van der Waals surface area (Å²) in [5.74, 6) is 2.60. The third-order valence-electron chi connectivity index (χ3n) is 6.28. The highest BCUT2D eigenvalue weighted by Crippen LogP contribution is 2.49. The third-order valence-corrected chi connectivity index (χ3v) is 6.28. The quantitative estimate of drug-likeness (QED) is 0.805. The van der Waals surface area contributed by atoms with E-state index in [0.29, 0.717) is 17.7 Å². The molecular formula is C22H32N4O. The predicted octanol–water partition coefficient (Wildman–Crippen LogP) is 3.72. The van der Waals surface area contributed by atoms with Gasteiger partial charge in [-0.05, 0) is 42.8 Å². The van der Waals surface area contributed by atoms with Gasteiger partial charge in [0.2, 0.25) is 11.8 Å². The van der Waals surface area contributed by atoms with Gasteiger partial charge in [-0.3, -0.25) is 4.90 Å². The Hall–Kier alpha value is -1.72. The summed E-state index contributed by atoms with van der Waals surface area (Å²) in [6.07, 6.45) is 2.42. The van der Waals surface area contributed by atoms with Crippen molar-refractivity contribution in [2.24, 2.45) is 11.3 Å². The van der Waals surface area contributed by atoms with Crippen LogP contribution in [0, 0.1) is 18.3 Å². The molecule has 5 heteroatoms. The summed E-state index contributed by atoms with van der Waals surface area (Å²) in [5, 5.41) is 8.54. The number of aryl methyl sites for hydroxylation is 1. The second kappa shape index (κ2) is 7.72. The Labute approximate surface area is 162 Å². The molecule has 2 aliphatic heterocycles. The smallest absolute Gasteiger partial charge is 0.221 e. The van der Waals surface area contributed by atoms with Crippen LogP contribution in [0.2, 0.25) is 0 Å². The van der Waals surface area contributed by atoms with Crippen molar-refractivity contribution >= 4 is 0 Å². The molecule has 4 rings (SSSR count). The fourth-order valence-electron chi connectivity index (χ4n) is 5.02. The lowest BCUT2D eigenvalue weighted by molar-refractivity contribution is 0.0848. The summed E-state index contributed by atoms with van der Waals surface area (Å²) in [6, 6.07) is 10.8. The molecule has 1 aromatic heterocycles. The first kappa shape index (κ1) is 18.6. The Morgan fingerprint density at radius 1 is 1.11 bits per heavy atom. The van der Waals surface area contributed by atoms with Gasteiger partial charge in [-0.2, -0.15) is 0 Å². The molecule has 1 spiro atoms. The van der Waals surface area contributed by atoms with Gasteiger partial charge in [0.15, 0.2) is 0 Å². The fraction of sp³-hybridized carbons (Fsp3) is 0.636. The van der Waals surface area contributed by atoms with Gasteiger partial charge >= 0.3 is 0 Å². The zero-order valence-corrected chi connectivity index (χ0v) is 16.9. The molecule has 0 amide bonds. The molecule has 1 aromatic carbocycles. The largest absolute Gasteiger partial charge is 0.425 e. The van der Waals surface area contributed by atoms with Gasteiger partial charge in [0, 0.05) is 33.1 Å². The topological polar surface area (TPSA) is 45.4 Å². The predicted molar refractivity (Wildman–Crippen MR) is 106 cm³/mol. The molecule has 1 unspecified atom stereocenters. The van der Waals surface area contributed by atoms with Gasteiger partial charge in [-0.25, -0.2) is 0 Å². The number of benzene rings is 1. The van der Waals surface area contributed by atoms with Crippen LogP contribution in [0.1, 0.15) is 50.0 Å². The van der Waals surface area contributed by atoms with Gasteiger partial charge in [-0.1, -0.05) is 44.2 Å². The lowest BCUT2D eigenvalue weighted by atomic mass is 9.70. The fourth-order valence-corrected chi connectivity index (χ4v) is 5.02. The Morgan fingerprint density at radius 3 is 2.48 bits per heavy atom. The average Bonchev–Trinajstić information content (AvgIpc) is 3.21. The molecule has 1 atom stereocenters. The monoisotopic (exact) mass is 368 g/mol. The van der Waals surface area contributed by atoms with Crippen molar-refractivity contribution < 1.29 is 4.42 Å². The minimum Gasteiger partial charge on any atom is -0.425 e. The number of likely N-dealkylation sites (tertiary alicyclic amines) is 2. The lowest BCUT2D eigenvalue weighted by Gasteiger charge is -2.42. The van der Waals surface area contributed by atoms with Crippen molar-refractivity contribution in [1.29, 1.82) is 0 Å². The van der Waals surface area contributed by atoms with Crippen molar-refractivity contribution in [1.82, 2.24) is 20.0 Å². The highest BCUT2D eigenvalue weighted by Gasteiger charge is 2.50. The maximum absolute atomic E-state index is 5.91. The molecule has 146 valence electrons. The second-order valence-corrected chi connectivity index (χ2v) is 8.92. The normalized spacial score (nSPS) is 23.5. The van der Waals surface area contributed by atoms with E-state index >= 15 is 0 Å². The van der Waals surface area contributed by atoms with Crippen molar-refractivity contribution in [2.45, 2.75) is 46.1 Å². The number of aromatic nitrogens is 2. The molecule has 0 aliphatic carbocycles. The Bertz CT molecular complexity index is 734. The van der Waals surface area contributed by atoms with Crippen molar-refractivity contribution in [2.75, 3.05) is 32.7 Å². The van der Waals surface area contributed by atoms with Crippen LogP contribution < -0.4 is 0 Å². The molecule has 2 fully saturated rings. The number of piperidine rings is 1. The zero-order valence-electron chi connectivity index (χ0n) is 16.9. The van der Waals surface area contributed by atoms with Crippen LogP contribution in [0.3, 0.4) is 0 Å². The molecular weight excluding hydrogens is 336 g/mol. The van der Waals surface area contributed by atoms with Crippen LogP contribution >= 0.6 is 0 Å². The first-order valence-corrected chi connectivity index (χ1v) is 10.3. The minimum absolute atomic E-state index is 0.279. The third kappa shape index (κ3) is 4.09. The van der Waals surface area contributed by atoms with E-state index in [1.807, 2.05) is 6.92 Å². The molecule has 2 aromatic rings. The summed E-state index contributed by atoms with van der Waals surface area (Å²) < 4.78 is 5.91. The molecule has 2 aliphatic rings. The van der Waals surface area contributed by atoms with Gasteiger partial charge < -0.3 is 9.32 Å².